The van der Waals surface area contributed by atoms with Crippen LogP contribution in [0.4, 0.5) is 0 Å². The van der Waals surface area contributed by atoms with Crippen LogP contribution < -0.4 is 4.74 Å². The zero-order valence-corrected chi connectivity index (χ0v) is 12.6. The molecule has 0 N–H and O–H groups in total. The van der Waals surface area contributed by atoms with Crippen molar-refractivity contribution in [3.8, 4) is 5.75 Å². The third-order valence-corrected chi connectivity index (χ3v) is 3.91. The highest BCUT2D eigenvalue weighted by molar-refractivity contribution is 5.99. The van der Waals surface area contributed by atoms with Gasteiger partial charge in [0.05, 0.1) is 12.6 Å². The highest BCUT2D eigenvalue weighted by atomic mass is 16.5. The Morgan fingerprint density at radius 1 is 1.20 bits per heavy atom. The van der Waals surface area contributed by atoms with Gasteiger partial charge in [-0.1, -0.05) is 0 Å². The molecule has 0 saturated carbocycles. The summed E-state index contributed by atoms with van der Waals surface area (Å²) in [7, 11) is 2.12. The van der Waals surface area contributed by atoms with Crippen LogP contribution in [0, 0.1) is 0 Å². The fourth-order valence-corrected chi connectivity index (χ4v) is 2.50. The molecule has 0 radical (unpaired) electrons. The first-order chi connectivity index (χ1) is 9.61. The van der Waals surface area contributed by atoms with Crippen LogP contribution in [0.25, 0.3) is 0 Å². The molecule has 0 bridgehead atoms. The first-order valence-corrected chi connectivity index (χ1v) is 7.31. The predicted molar refractivity (Wildman–Crippen MR) is 80.5 cm³/mol. The number of hydrogen-bond donors (Lipinski definition) is 0. The molecule has 0 aliphatic carbocycles. The lowest BCUT2D eigenvalue weighted by Gasteiger charge is -2.35. The monoisotopic (exact) mass is 276 g/mol. The van der Waals surface area contributed by atoms with Crippen molar-refractivity contribution in [3.05, 3.63) is 29.8 Å². The molecule has 1 fully saturated rings. The van der Waals surface area contributed by atoms with Crippen LogP contribution in [0.3, 0.4) is 0 Å². The first kappa shape index (κ1) is 15.0. The topological polar surface area (TPSA) is 32.8 Å². The number of Topliss-reactive ketones (excluding diaryl/α,β-unsaturated/α-hetero) is 1. The van der Waals surface area contributed by atoms with Crippen molar-refractivity contribution in [2.24, 2.45) is 0 Å². The van der Waals surface area contributed by atoms with Crippen LogP contribution in [0.1, 0.15) is 24.2 Å². The Kier molecular flexibility index (Phi) is 5.15. The van der Waals surface area contributed by atoms with Gasteiger partial charge < -0.3 is 9.64 Å². The largest absolute Gasteiger partial charge is 0.494 e. The maximum absolute atomic E-state index is 12.5. The Morgan fingerprint density at radius 2 is 1.80 bits per heavy atom. The molecule has 4 heteroatoms. The molecule has 0 spiro atoms. The van der Waals surface area contributed by atoms with Crippen LogP contribution in [-0.4, -0.2) is 61.5 Å². The van der Waals surface area contributed by atoms with E-state index in [9.17, 15) is 4.79 Å². The van der Waals surface area contributed by atoms with Crippen LogP contribution >= 0.6 is 0 Å². The number of nitrogens with zero attached hydrogens (tertiary/aromatic N) is 2. The van der Waals surface area contributed by atoms with Gasteiger partial charge in [-0.15, -0.1) is 0 Å². The van der Waals surface area contributed by atoms with Crippen LogP contribution in [-0.2, 0) is 0 Å². The van der Waals surface area contributed by atoms with Gasteiger partial charge in [0.1, 0.15) is 5.75 Å². The molecule has 2 rings (SSSR count). The number of ether oxygens (including phenoxy) is 1. The third kappa shape index (κ3) is 3.58. The molecule has 20 heavy (non-hydrogen) atoms. The number of piperazine rings is 1. The number of rotatable bonds is 5. The molecule has 1 aromatic rings. The lowest BCUT2D eigenvalue weighted by molar-refractivity contribution is 0.0738. The molecule has 1 aliphatic heterocycles. The second-order valence-electron chi connectivity index (χ2n) is 5.34. The van der Waals surface area contributed by atoms with Crippen molar-refractivity contribution in [3.63, 3.8) is 0 Å². The summed E-state index contributed by atoms with van der Waals surface area (Å²) in [6.45, 7) is 8.58. The second kappa shape index (κ2) is 6.86. The maximum Gasteiger partial charge on any atom is 0.179 e. The van der Waals surface area contributed by atoms with Crippen molar-refractivity contribution in [1.29, 1.82) is 0 Å². The Balaban J connectivity index is 1.99. The molecule has 0 aromatic heterocycles. The number of carbonyl (C=O) groups excluding carboxylic acids is 1. The van der Waals surface area contributed by atoms with E-state index in [0.717, 1.165) is 37.5 Å². The van der Waals surface area contributed by atoms with Crippen LogP contribution in [0.5, 0.6) is 5.75 Å². The number of hydrogen-bond acceptors (Lipinski definition) is 4. The summed E-state index contributed by atoms with van der Waals surface area (Å²) >= 11 is 0. The minimum Gasteiger partial charge on any atom is -0.494 e. The maximum atomic E-state index is 12.5. The van der Waals surface area contributed by atoms with Gasteiger partial charge in [0, 0.05) is 31.7 Å². The van der Waals surface area contributed by atoms with E-state index < -0.39 is 0 Å². The minimum absolute atomic E-state index is 0.0540. The fourth-order valence-electron chi connectivity index (χ4n) is 2.50. The average Bonchev–Trinajstić information content (AvgIpc) is 2.48. The van der Waals surface area contributed by atoms with E-state index >= 15 is 0 Å². The summed E-state index contributed by atoms with van der Waals surface area (Å²) in [4.78, 5) is 17.1. The quantitative estimate of drug-likeness (QED) is 0.769. The molecule has 1 saturated heterocycles. The van der Waals surface area contributed by atoms with Crippen LogP contribution in [0.2, 0.25) is 0 Å². The number of likely N-dealkylation sites (N-methyl/N-ethyl adjacent to an activating group) is 1. The zero-order chi connectivity index (χ0) is 14.5. The van der Waals surface area contributed by atoms with Gasteiger partial charge in [-0.25, -0.2) is 0 Å². The fraction of sp³-hybridized carbons (Fsp3) is 0.562. The highest BCUT2D eigenvalue weighted by Crippen LogP contribution is 2.16. The van der Waals surface area contributed by atoms with Crippen molar-refractivity contribution in [2.45, 2.75) is 19.9 Å². The Labute approximate surface area is 121 Å². The van der Waals surface area contributed by atoms with E-state index in [2.05, 4.69) is 16.8 Å². The summed E-state index contributed by atoms with van der Waals surface area (Å²) < 4.78 is 5.40. The van der Waals surface area contributed by atoms with Crippen LogP contribution in [0.15, 0.2) is 24.3 Å². The summed E-state index contributed by atoms with van der Waals surface area (Å²) in [5.74, 6) is 1.01. The lowest BCUT2D eigenvalue weighted by Crippen LogP contribution is -2.50. The minimum atomic E-state index is -0.0540. The van der Waals surface area contributed by atoms with Crippen molar-refractivity contribution >= 4 is 5.78 Å². The van der Waals surface area contributed by atoms with Crippen molar-refractivity contribution in [2.75, 3.05) is 39.8 Å². The Hall–Kier alpha value is -1.39. The number of ketones is 1. The van der Waals surface area contributed by atoms with E-state index in [4.69, 9.17) is 4.74 Å². The standard InChI is InChI=1S/C16H24N2O2/c1-4-20-15-7-5-14(6-8-15)16(19)13(2)18-11-9-17(3)10-12-18/h5-8,13H,4,9-12H2,1-3H3/t13-/m0/s1. The predicted octanol–water partition coefficient (Wildman–Crippen LogP) is 1.90. The normalized spacial score (nSPS) is 18.8. The Morgan fingerprint density at radius 3 is 2.35 bits per heavy atom. The third-order valence-electron chi connectivity index (χ3n) is 3.91. The van der Waals surface area contributed by atoms with Gasteiger partial charge in [-0.2, -0.15) is 0 Å². The summed E-state index contributed by atoms with van der Waals surface area (Å²) in [6, 6.07) is 7.40. The van der Waals surface area contributed by atoms with Gasteiger partial charge in [-0.3, -0.25) is 9.69 Å². The van der Waals surface area contributed by atoms with E-state index in [1.807, 2.05) is 38.1 Å². The SMILES string of the molecule is CCOc1ccc(C(=O)[C@H](C)N2CCN(C)CC2)cc1. The van der Waals surface area contributed by atoms with E-state index in [1.54, 1.807) is 0 Å². The average molecular weight is 276 g/mol. The summed E-state index contributed by atoms with van der Waals surface area (Å²) in [5, 5.41) is 0. The molecule has 1 heterocycles. The molecule has 0 unspecified atom stereocenters. The van der Waals surface area contributed by atoms with Crippen molar-refractivity contribution < 1.29 is 9.53 Å². The van der Waals surface area contributed by atoms with Gasteiger partial charge in [0.15, 0.2) is 5.78 Å². The number of carbonyl (C=O) groups is 1. The molecule has 110 valence electrons. The molecule has 1 atom stereocenters. The van der Waals surface area contributed by atoms with E-state index in [0.29, 0.717) is 6.61 Å². The second-order valence-corrected chi connectivity index (χ2v) is 5.34. The molecule has 0 amide bonds. The summed E-state index contributed by atoms with van der Waals surface area (Å²) in [5.41, 5.74) is 0.764. The van der Waals surface area contributed by atoms with Gasteiger partial charge >= 0.3 is 0 Å². The van der Waals surface area contributed by atoms with E-state index in [-0.39, 0.29) is 11.8 Å². The van der Waals surface area contributed by atoms with Gasteiger partial charge in [0.25, 0.3) is 0 Å². The molecular weight excluding hydrogens is 252 g/mol. The number of benzene rings is 1. The highest BCUT2D eigenvalue weighted by Gasteiger charge is 2.25. The molecule has 1 aliphatic rings. The Bertz CT molecular complexity index is 436. The van der Waals surface area contributed by atoms with Gasteiger partial charge in [-0.05, 0) is 45.2 Å². The molecule has 1 aromatic carbocycles. The van der Waals surface area contributed by atoms with Gasteiger partial charge in [0.2, 0.25) is 0 Å². The van der Waals surface area contributed by atoms with Crippen molar-refractivity contribution in [1.82, 2.24) is 9.80 Å². The summed E-state index contributed by atoms with van der Waals surface area (Å²) in [6.07, 6.45) is 0. The van der Waals surface area contributed by atoms with E-state index in [1.165, 1.54) is 0 Å². The molecule has 4 nitrogen and oxygen atoms in total. The smallest absolute Gasteiger partial charge is 0.179 e. The first-order valence-electron chi connectivity index (χ1n) is 7.31. The molecular formula is C16H24N2O2. The lowest BCUT2D eigenvalue weighted by atomic mass is 10.0. The zero-order valence-electron chi connectivity index (χ0n) is 12.6.